The lowest BCUT2D eigenvalue weighted by molar-refractivity contribution is -0.137. The fourth-order valence-electron chi connectivity index (χ4n) is 3.65. The van der Waals surface area contributed by atoms with Gasteiger partial charge in [0.25, 0.3) is 5.56 Å². The Labute approximate surface area is 212 Å². The molecule has 0 spiro atoms. The number of fused-ring (bicyclic) bond motifs is 1. The number of thioether (sulfide) groups is 1. The molecule has 0 aliphatic rings. The second-order valence-electron chi connectivity index (χ2n) is 7.82. The highest BCUT2D eigenvalue weighted by Crippen LogP contribution is 2.42. The van der Waals surface area contributed by atoms with Crippen molar-refractivity contribution in [1.29, 1.82) is 0 Å². The molecule has 6 nitrogen and oxygen atoms in total. The van der Waals surface area contributed by atoms with Crippen LogP contribution in [0, 0.1) is 0 Å². The van der Waals surface area contributed by atoms with Gasteiger partial charge in [0.1, 0.15) is 5.75 Å². The number of alkyl halides is 3. The number of amides is 1. The number of H-pyrrole nitrogens is 1. The summed E-state index contributed by atoms with van der Waals surface area (Å²) in [5.41, 5.74) is -0.245. The lowest BCUT2D eigenvalue weighted by Gasteiger charge is -2.16. The number of rotatable bonds is 7. The van der Waals surface area contributed by atoms with Gasteiger partial charge >= 0.3 is 6.18 Å². The number of phenols is 1. The van der Waals surface area contributed by atoms with Gasteiger partial charge in [-0.1, -0.05) is 11.6 Å². The molecule has 1 amide bonds. The van der Waals surface area contributed by atoms with E-state index in [0.29, 0.717) is 13.0 Å². The summed E-state index contributed by atoms with van der Waals surface area (Å²) in [5.74, 6) is -0.802. The summed E-state index contributed by atoms with van der Waals surface area (Å²) >= 11 is 6.96. The Kier molecular flexibility index (Phi) is 7.56. The number of aromatic nitrogens is 2. The maximum absolute atomic E-state index is 13.5. The molecule has 0 unspecified atom stereocenters. The Bertz CT molecular complexity index is 1480. The molecule has 0 saturated heterocycles. The lowest BCUT2D eigenvalue weighted by atomic mass is 9.98. The molecular weight excluding hydrogens is 515 g/mol. The minimum Gasteiger partial charge on any atom is -0.507 e. The van der Waals surface area contributed by atoms with E-state index in [1.807, 2.05) is 12.1 Å². The third-order valence-corrected chi connectivity index (χ3v) is 6.68. The van der Waals surface area contributed by atoms with Crippen molar-refractivity contribution in [3.8, 4) is 16.9 Å². The lowest BCUT2D eigenvalue weighted by Crippen LogP contribution is -2.27. The molecule has 0 saturated carbocycles. The third kappa shape index (κ3) is 5.83. The van der Waals surface area contributed by atoms with Crippen molar-refractivity contribution >= 4 is 40.2 Å². The summed E-state index contributed by atoms with van der Waals surface area (Å²) in [7, 11) is 0. The van der Waals surface area contributed by atoms with Crippen LogP contribution in [0.5, 0.6) is 5.75 Å². The Morgan fingerprint density at radius 2 is 1.86 bits per heavy atom. The number of nitrogens with one attached hydrogen (secondary N) is 2. The SMILES string of the molecule is O=C(CSc1c(-c2cc(Cl)ccc2O)c2cc(C(F)(F)F)ccc2[nH]c1=O)NCCc1ccncc1. The van der Waals surface area contributed by atoms with Gasteiger partial charge in [-0.25, -0.2) is 0 Å². The summed E-state index contributed by atoms with van der Waals surface area (Å²) in [6.07, 6.45) is -0.747. The molecule has 11 heteroatoms. The zero-order valence-corrected chi connectivity index (χ0v) is 20.1. The van der Waals surface area contributed by atoms with Crippen LogP contribution in [0.3, 0.4) is 0 Å². The standard InChI is InChI=1S/C25H19ClF3N3O3S/c26-16-2-4-20(33)18(12-16)22-17-11-15(25(27,28)29)1-3-19(17)32-24(35)23(22)36-13-21(34)31-10-7-14-5-8-30-9-6-14/h1-6,8-9,11-12,33H,7,10,13H2,(H,31,34)(H,32,35). The number of hydrogen-bond acceptors (Lipinski definition) is 5. The van der Waals surface area contributed by atoms with E-state index in [4.69, 9.17) is 11.6 Å². The van der Waals surface area contributed by atoms with Crippen molar-refractivity contribution in [2.75, 3.05) is 12.3 Å². The topological polar surface area (TPSA) is 95.1 Å². The maximum Gasteiger partial charge on any atom is 0.416 e. The van der Waals surface area contributed by atoms with Gasteiger partial charge in [0, 0.05) is 46.0 Å². The molecular formula is C25H19ClF3N3O3S. The minimum atomic E-state index is -4.63. The first-order chi connectivity index (χ1) is 17.1. The van der Waals surface area contributed by atoms with Gasteiger partial charge < -0.3 is 15.4 Å². The Balaban J connectivity index is 1.69. The molecule has 3 N–H and O–H groups in total. The number of pyridine rings is 2. The number of carbonyl (C=O) groups excluding carboxylic acids is 1. The van der Waals surface area contributed by atoms with Crippen LogP contribution < -0.4 is 10.9 Å². The first-order valence-corrected chi connectivity index (χ1v) is 12.0. The van der Waals surface area contributed by atoms with E-state index in [-0.39, 0.29) is 49.4 Å². The molecule has 4 rings (SSSR count). The zero-order valence-electron chi connectivity index (χ0n) is 18.5. The quantitative estimate of drug-likeness (QED) is 0.276. The highest BCUT2D eigenvalue weighted by molar-refractivity contribution is 8.00. The molecule has 0 bridgehead atoms. The van der Waals surface area contributed by atoms with Crippen molar-refractivity contribution in [3.05, 3.63) is 87.4 Å². The molecule has 0 atom stereocenters. The van der Waals surface area contributed by atoms with Crippen molar-refractivity contribution in [1.82, 2.24) is 15.3 Å². The van der Waals surface area contributed by atoms with Gasteiger partial charge in [-0.15, -0.1) is 11.8 Å². The van der Waals surface area contributed by atoms with E-state index < -0.39 is 17.3 Å². The van der Waals surface area contributed by atoms with Crippen LogP contribution in [0.4, 0.5) is 13.2 Å². The largest absolute Gasteiger partial charge is 0.507 e. The van der Waals surface area contributed by atoms with Crippen LogP contribution in [0.1, 0.15) is 11.1 Å². The number of hydrogen-bond donors (Lipinski definition) is 3. The zero-order chi connectivity index (χ0) is 25.9. The second-order valence-corrected chi connectivity index (χ2v) is 9.24. The van der Waals surface area contributed by atoms with Gasteiger partial charge in [0.15, 0.2) is 0 Å². The molecule has 2 aromatic heterocycles. The highest BCUT2D eigenvalue weighted by Gasteiger charge is 2.31. The smallest absolute Gasteiger partial charge is 0.416 e. The fourth-order valence-corrected chi connectivity index (χ4v) is 4.75. The van der Waals surface area contributed by atoms with E-state index in [0.717, 1.165) is 35.5 Å². The monoisotopic (exact) mass is 533 g/mol. The molecule has 0 aliphatic heterocycles. The van der Waals surface area contributed by atoms with E-state index in [9.17, 15) is 27.9 Å². The molecule has 36 heavy (non-hydrogen) atoms. The van der Waals surface area contributed by atoms with Crippen LogP contribution in [0.2, 0.25) is 5.02 Å². The normalized spacial score (nSPS) is 11.6. The van der Waals surface area contributed by atoms with Crippen molar-refractivity contribution in [2.45, 2.75) is 17.5 Å². The van der Waals surface area contributed by atoms with Gasteiger partial charge in [0.05, 0.1) is 16.2 Å². The van der Waals surface area contributed by atoms with E-state index in [1.165, 1.54) is 18.2 Å². The number of carbonyl (C=O) groups is 1. The summed E-state index contributed by atoms with van der Waals surface area (Å²) < 4.78 is 40.4. The van der Waals surface area contributed by atoms with Crippen LogP contribution in [0.25, 0.3) is 22.0 Å². The number of halogens is 4. The van der Waals surface area contributed by atoms with Crippen LogP contribution in [-0.4, -0.2) is 33.3 Å². The summed E-state index contributed by atoms with van der Waals surface area (Å²) in [6.45, 7) is 0.356. The van der Waals surface area contributed by atoms with Crippen molar-refractivity contribution in [3.63, 3.8) is 0 Å². The van der Waals surface area contributed by atoms with E-state index in [2.05, 4.69) is 15.3 Å². The number of aromatic amines is 1. The molecule has 0 fully saturated rings. The summed E-state index contributed by atoms with van der Waals surface area (Å²) in [5, 5.41) is 13.5. The predicted molar refractivity (Wildman–Crippen MR) is 133 cm³/mol. The molecule has 2 aromatic carbocycles. The second kappa shape index (κ2) is 10.6. The molecule has 2 heterocycles. The molecule has 0 radical (unpaired) electrons. The first-order valence-electron chi connectivity index (χ1n) is 10.7. The van der Waals surface area contributed by atoms with E-state index in [1.54, 1.807) is 12.4 Å². The molecule has 186 valence electrons. The van der Waals surface area contributed by atoms with Crippen LogP contribution >= 0.6 is 23.4 Å². The van der Waals surface area contributed by atoms with Crippen LogP contribution in [-0.2, 0) is 17.4 Å². The number of aromatic hydroxyl groups is 1. The first kappa shape index (κ1) is 25.6. The molecule has 0 aliphatic carbocycles. The summed E-state index contributed by atoms with van der Waals surface area (Å²) in [4.78, 5) is 31.9. The van der Waals surface area contributed by atoms with Crippen molar-refractivity contribution in [2.24, 2.45) is 0 Å². The average Bonchev–Trinajstić information content (AvgIpc) is 2.84. The predicted octanol–water partition coefficient (Wildman–Crippen LogP) is 5.42. The van der Waals surface area contributed by atoms with E-state index >= 15 is 0 Å². The van der Waals surface area contributed by atoms with Gasteiger partial charge in [-0.3, -0.25) is 14.6 Å². The number of benzene rings is 2. The van der Waals surface area contributed by atoms with Gasteiger partial charge in [-0.2, -0.15) is 13.2 Å². The van der Waals surface area contributed by atoms with Crippen LogP contribution in [0.15, 0.2) is 70.6 Å². The van der Waals surface area contributed by atoms with Gasteiger partial charge in [-0.05, 0) is 60.5 Å². The third-order valence-electron chi connectivity index (χ3n) is 5.36. The van der Waals surface area contributed by atoms with Gasteiger partial charge in [0.2, 0.25) is 5.91 Å². The highest BCUT2D eigenvalue weighted by atomic mass is 35.5. The maximum atomic E-state index is 13.5. The Morgan fingerprint density at radius 1 is 1.11 bits per heavy atom. The average molecular weight is 534 g/mol. The van der Waals surface area contributed by atoms with Crippen molar-refractivity contribution < 1.29 is 23.1 Å². The minimum absolute atomic E-state index is 0.0105. The Hall–Kier alpha value is -3.50. The number of phenolic OH excluding ortho intramolecular Hbond substituents is 1. The number of nitrogens with zero attached hydrogens (tertiary/aromatic N) is 1. The molecule has 4 aromatic rings. The fraction of sp³-hybridized carbons (Fsp3) is 0.160. The Morgan fingerprint density at radius 3 is 2.58 bits per heavy atom. The summed E-state index contributed by atoms with van der Waals surface area (Å²) in [6, 6.07) is 10.7.